The Kier molecular flexibility index (Phi) is 5.29. The molecule has 1 nitrogen and oxygen atoms in total. The Hall–Kier alpha value is -0.540. The normalized spacial score (nSPS) is 14.8. The predicted octanol–water partition coefficient (Wildman–Crippen LogP) is 4.02. The van der Waals surface area contributed by atoms with Crippen LogP contribution in [0.5, 0.6) is 0 Å². The maximum absolute atomic E-state index is 13.6. The van der Waals surface area contributed by atoms with Gasteiger partial charge in [0, 0.05) is 10.6 Å². The Morgan fingerprint density at radius 2 is 2.06 bits per heavy atom. The molecule has 0 saturated heterocycles. The monoisotopic (exact) mass is 242 g/mol. The largest absolute Gasteiger partial charge is 0.389 e. The third kappa shape index (κ3) is 3.49. The standard InChI is InChI=1S/C13H19FOS/c1-4-9(2)8-16-13-11(10(3)15)6-5-7-12(13)14/h5-7,9-10,15H,4,8H2,1-3H3. The molecule has 0 spiro atoms. The Labute approximate surface area is 101 Å². The van der Waals surface area contributed by atoms with Crippen molar-refractivity contribution in [3.63, 3.8) is 0 Å². The molecular weight excluding hydrogens is 223 g/mol. The third-order valence-corrected chi connectivity index (χ3v) is 4.11. The Bertz CT molecular complexity index is 339. The molecule has 0 aliphatic rings. The number of aliphatic hydroxyl groups excluding tert-OH is 1. The van der Waals surface area contributed by atoms with Crippen molar-refractivity contribution in [2.75, 3.05) is 5.75 Å². The lowest BCUT2D eigenvalue weighted by Crippen LogP contribution is -2.00. The number of aliphatic hydroxyl groups is 1. The molecule has 1 N–H and O–H groups in total. The second kappa shape index (κ2) is 6.26. The highest BCUT2D eigenvalue weighted by Gasteiger charge is 2.13. The smallest absolute Gasteiger partial charge is 0.137 e. The van der Waals surface area contributed by atoms with E-state index in [2.05, 4.69) is 13.8 Å². The van der Waals surface area contributed by atoms with E-state index in [0.717, 1.165) is 12.2 Å². The van der Waals surface area contributed by atoms with Gasteiger partial charge < -0.3 is 5.11 Å². The first-order valence-corrected chi connectivity index (χ1v) is 6.64. The SMILES string of the molecule is CCC(C)CSc1c(F)cccc1C(C)O. The van der Waals surface area contributed by atoms with Gasteiger partial charge in [-0.1, -0.05) is 32.4 Å². The van der Waals surface area contributed by atoms with Gasteiger partial charge in [-0.25, -0.2) is 4.39 Å². The van der Waals surface area contributed by atoms with Crippen molar-refractivity contribution >= 4 is 11.8 Å². The van der Waals surface area contributed by atoms with E-state index in [1.54, 1.807) is 19.1 Å². The molecule has 3 heteroatoms. The van der Waals surface area contributed by atoms with Gasteiger partial charge in [-0.15, -0.1) is 11.8 Å². The van der Waals surface area contributed by atoms with Crippen LogP contribution in [0.25, 0.3) is 0 Å². The summed E-state index contributed by atoms with van der Waals surface area (Å²) in [4.78, 5) is 0.595. The summed E-state index contributed by atoms with van der Waals surface area (Å²) in [5, 5.41) is 9.57. The maximum Gasteiger partial charge on any atom is 0.137 e. The topological polar surface area (TPSA) is 20.2 Å². The number of thioether (sulfide) groups is 1. The first-order valence-electron chi connectivity index (χ1n) is 5.65. The number of hydrogen-bond acceptors (Lipinski definition) is 2. The lowest BCUT2D eigenvalue weighted by atomic mass is 10.1. The summed E-state index contributed by atoms with van der Waals surface area (Å²) >= 11 is 1.50. The predicted molar refractivity (Wildman–Crippen MR) is 67.2 cm³/mol. The molecule has 0 saturated carbocycles. The van der Waals surface area contributed by atoms with Crippen molar-refractivity contribution in [2.45, 2.75) is 38.2 Å². The van der Waals surface area contributed by atoms with Gasteiger partial charge in [0.1, 0.15) is 5.82 Å². The molecule has 0 radical (unpaired) electrons. The van der Waals surface area contributed by atoms with E-state index in [9.17, 15) is 9.50 Å². The van der Waals surface area contributed by atoms with E-state index in [4.69, 9.17) is 0 Å². The summed E-state index contributed by atoms with van der Waals surface area (Å²) < 4.78 is 13.6. The molecule has 0 bridgehead atoms. The van der Waals surface area contributed by atoms with Gasteiger partial charge in [0.2, 0.25) is 0 Å². The Morgan fingerprint density at radius 3 is 2.62 bits per heavy atom. The van der Waals surface area contributed by atoms with Gasteiger partial charge in [0.05, 0.1) is 6.10 Å². The summed E-state index contributed by atoms with van der Waals surface area (Å²) in [6.45, 7) is 5.94. The first kappa shape index (κ1) is 13.5. The van der Waals surface area contributed by atoms with Crippen molar-refractivity contribution in [3.8, 4) is 0 Å². The highest BCUT2D eigenvalue weighted by molar-refractivity contribution is 7.99. The van der Waals surface area contributed by atoms with Crippen LogP contribution in [0.15, 0.2) is 23.1 Å². The lowest BCUT2D eigenvalue weighted by Gasteiger charge is -2.14. The second-order valence-electron chi connectivity index (χ2n) is 4.16. The second-order valence-corrected chi connectivity index (χ2v) is 5.19. The zero-order valence-corrected chi connectivity index (χ0v) is 10.9. The van der Waals surface area contributed by atoms with Crippen LogP contribution in [0.2, 0.25) is 0 Å². The zero-order chi connectivity index (χ0) is 12.1. The molecule has 1 aromatic rings. The highest BCUT2D eigenvalue weighted by Crippen LogP contribution is 2.31. The molecular formula is C13H19FOS. The average molecular weight is 242 g/mol. The van der Waals surface area contributed by atoms with Crippen molar-refractivity contribution < 1.29 is 9.50 Å². The number of rotatable bonds is 5. The van der Waals surface area contributed by atoms with Gasteiger partial charge >= 0.3 is 0 Å². The average Bonchev–Trinajstić information content (AvgIpc) is 2.26. The highest BCUT2D eigenvalue weighted by atomic mass is 32.2. The van der Waals surface area contributed by atoms with Crippen LogP contribution in [-0.2, 0) is 0 Å². The van der Waals surface area contributed by atoms with Crippen LogP contribution in [0.3, 0.4) is 0 Å². The van der Waals surface area contributed by atoms with Crippen molar-refractivity contribution in [3.05, 3.63) is 29.6 Å². The molecule has 1 rings (SSSR count). The quantitative estimate of drug-likeness (QED) is 0.787. The molecule has 2 unspecified atom stereocenters. The van der Waals surface area contributed by atoms with Gasteiger partial charge in [0.15, 0.2) is 0 Å². The van der Waals surface area contributed by atoms with Gasteiger partial charge in [-0.05, 0) is 24.5 Å². The summed E-state index contributed by atoms with van der Waals surface area (Å²) in [6.07, 6.45) is 0.473. The minimum atomic E-state index is -0.616. The molecule has 0 aliphatic heterocycles. The van der Waals surface area contributed by atoms with E-state index in [0.29, 0.717) is 16.4 Å². The number of halogens is 1. The molecule has 16 heavy (non-hydrogen) atoms. The molecule has 0 aromatic heterocycles. The van der Waals surface area contributed by atoms with Crippen LogP contribution in [0.4, 0.5) is 4.39 Å². The number of benzene rings is 1. The van der Waals surface area contributed by atoms with Crippen LogP contribution in [0, 0.1) is 11.7 Å². The minimum Gasteiger partial charge on any atom is -0.389 e. The summed E-state index contributed by atoms with van der Waals surface area (Å²) in [6, 6.07) is 4.88. The minimum absolute atomic E-state index is 0.230. The first-order chi connectivity index (χ1) is 7.56. The third-order valence-electron chi connectivity index (χ3n) is 2.66. The van der Waals surface area contributed by atoms with Crippen molar-refractivity contribution in [1.29, 1.82) is 0 Å². The summed E-state index contributed by atoms with van der Waals surface area (Å²) in [5.41, 5.74) is 0.688. The summed E-state index contributed by atoms with van der Waals surface area (Å²) in [7, 11) is 0. The molecule has 0 fully saturated rings. The van der Waals surface area contributed by atoms with Crippen molar-refractivity contribution in [2.24, 2.45) is 5.92 Å². The summed E-state index contributed by atoms with van der Waals surface area (Å²) in [5.74, 6) is 1.22. The maximum atomic E-state index is 13.6. The van der Waals surface area contributed by atoms with E-state index >= 15 is 0 Å². The van der Waals surface area contributed by atoms with Crippen LogP contribution >= 0.6 is 11.8 Å². The van der Waals surface area contributed by atoms with Crippen molar-refractivity contribution in [1.82, 2.24) is 0 Å². The lowest BCUT2D eigenvalue weighted by molar-refractivity contribution is 0.195. The van der Waals surface area contributed by atoms with Crippen LogP contribution < -0.4 is 0 Å². The molecule has 90 valence electrons. The molecule has 1 aromatic carbocycles. The zero-order valence-electron chi connectivity index (χ0n) is 10.0. The Morgan fingerprint density at radius 1 is 1.38 bits per heavy atom. The Balaban J connectivity index is 2.84. The van der Waals surface area contributed by atoms with E-state index < -0.39 is 6.10 Å². The van der Waals surface area contributed by atoms with Gasteiger partial charge in [-0.3, -0.25) is 0 Å². The fourth-order valence-electron chi connectivity index (χ4n) is 1.35. The molecule has 2 atom stereocenters. The number of hydrogen-bond donors (Lipinski definition) is 1. The van der Waals surface area contributed by atoms with E-state index in [1.165, 1.54) is 17.8 Å². The van der Waals surface area contributed by atoms with Crippen LogP contribution in [-0.4, -0.2) is 10.9 Å². The van der Waals surface area contributed by atoms with E-state index in [1.807, 2.05) is 0 Å². The van der Waals surface area contributed by atoms with E-state index in [-0.39, 0.29) is 5.82 Å². The van der Waals surface area contributed by atoms with Gasteiger partial charge in [-0.2, -0.15) is 0 Å². The molecule has 0 heterocycles. The molecule has 0 amide bonds. The van der Waals surface area contributed by atoms with Gasteiger partial charge in [0.25, 0.3) is 0 Å². The fourth-order valence-corrected chi connectivity index (χ4v) is 2.65. The molecule has 0 aliphatic carbocycles. The fraction of sp³-hybridized carbons (Fsp3) is 0.538. The van der Waals surface area contributed by atoms with Crippen LogP contribution in [0.1, 0.15) is 38.9 Å².